The molecule has 0 rings (SSSR count). The fourth-order valence-corrected chi connectivity index (χ4v) is 2.04. The standard InChI is InChI=1S/C16H30O2/c1-4-12-15(2)13-10-8-6-5-7-9-11-14-16(17)18-3/h10,13,15H,4-9,11-12,14H2,1-3H3. The lowest BCUT2D eigenvalue weighted by Crippen LogP contribution is -1.99. The number of unbranched alkanes of at least 4 members (excludes halogenated alkanes) is 5. The number of rotatable bonds is 11. The minimum Gasteiger partial charge on any atom is -0.469 e. The summed E-state index contributed by atoms with van der Waals surface area (Å²) in [4.78, 5) is 10.9. The average Bonchev–Trinajstić information content (AvgIpc) is 2.36. The van der Waals surface area contributed by atoms with Gasteiger partial charge in [0, 0.05) is 6.42 Å². The summed E-state index contributed by atoms with van der Waals surface area (Å²) in [5.74, 6) is 0.651. The van der Waals surface area contributed by atoms with Crippen molar-refractivity contribution in [2.24, 2.45) is 5.92 Å². The number of methoxy groups -OCH3 is 1. The van der Waals surface area contributed by atoms with Crippen LogP contribution in [0.2, 0.25) is 0 Å². The van der Waals surface area contributed by atoms with E-state index in [4.69, 9.17) is 0 Å². The van der Waals surface area contributed by atoms with Crippen molar-refractivity contribution in [3.63, 3.8) is 0 Å². The number of carbonyl (C=O) groups is 1. The van der Waals surface area contributed by atoms with Crippen molar-refractivity contribution < 1.29 is 9.53 Å². The van der Waals surface area contributed by atoms with E-state index >= 15 is 0 Å². The van der Waals surface area contributed by atoms with Gasteiger partial charge in [0.15, 0.2) is 0 Å². The lowest BCUT2D eigenvalue weighted by molar-refractivity contribution is -0.140. The quantitative estimate of drug-likeness (QED) is 0.298. The Labute approximate surface area is 113 Å². The highest BCUT2D eigenvalue weighted by molar-refractivity contribution is 5.68. The van der Waals surface area contributed by atoms with Crippen molar-refractivity contribution in [2.75, 3.05) is 7.11 Å². The molecule has 0 aromatic heterocycles. The molecule has 0 radical (unpaired) electrons. The van der Waals surface area contributed by atoms with E-state index in [1.807, 2.05) is 0 Å². The third kappa shape index (κ3) is 11.7. The fourth-order valence-electron chi connectivity index (χ4n) is 2.04. The van der Waals surface area contributed by atoms with Crippen LogP contribution >= 0.6 is 0 Å². The molecular formula is C16H30O2. The van der Waals surface area contributed by atoms with Crippen LogP contribution in [0.4, 0.5) is 0 Å². The second kappa shape index (κ2) is 12.7. The number of ether oxygens (including phenoxy) is 1. The van der Waals surface area contributed by atoms with Crippen molar-refractivity contribution in [1.82, 2.24) is 0 Å². The summed E-state index contributed by atoms with van der Waals surface area (Å²) < 4.78 is 4.60. The van der Waals surface area contributed by atoms with E-state index in [1.165, 1.54) is 45.6 Å². The van der Waals surface area contributed by atoms with Gasteiger partial charge in [0.25, 0.3) is 0 Å². The van der Waals surface area contributed by atoms with Crippen LogP contribution in [0.5, 0.6) is 0 Å². The highest BCUT2D eigenvalue weighted by Gasteiger charge is 1.98. The van der Waals surface area contributed by atoms with Gasteiger partial charge < -0.3 is 4.74 Å². The van der Waals surface area contributed by atoms with Crippen molar-refractivity contribution in [1.29, 1.82) is 0 Å². The molecule has 0 N–H and O–H groups in total. The summed E-state index contributed by atoms with van der Waals surface area (Å²) in [5, 5.41) is 0. The van der Waals surface area contributed by atoms with Crippen LogP contribution in [0.25, 0.3) is 0 Å². The molecule has 1 atom stereocenters. The Balaban J connectivity index is 3.23. The number of hydrogen-bond donors (Lipinski definition) is 0. The van der Waals surface area contributed by atoms with E-state index in [-0.39, 0.29) is 5.97 Å². The van der Waals surface area contributed by atoms with E-state index in [9.17, 15) is 4.79 Å². The molecule has 0 fully saturated rings. The van der Waals surface area contributed by atoms with E-state index < -0.39 is 0 Å². The van der Waals surface area contributed by atoms with Crippen LogP contribution in [-0.2, 0) is 9.53 Å². The van der Waals surface area contributed by atoms with Crippen LogP contribution in [0.15, 0.2) is 12.2 Å². The fraction of sp³-hybridized carbons (Fsp3) is 0.812. The minimum atomic E-state index is -0.0807. The van der Waals surface area contributed by atoms with Crippen LogP contribution < -0.4 is 0 Å². The van der Waals surface area contributed by atoms with Crippen LogP contribution in [0, 0.1) is 5.92 Å². The molecule has 0 aliphatic carbocycles. The molecule has 106 valence electrons. The SMILES string of the molecule is CCCC(C)C=CCCCCCCCC(=O)OC. The summed E-state index contributed by atoms with van der Waals surface area (Å²) in [5.41, 5.74) is 0. The lowest BCUT2D eigenvalue weighted by Gasteiger charge is -2.02. The first-order valence-electron chi connectivity index (χ1n) is 7.44. The molecule has 0 aromatic rings. The Kier molecular flexibility index (Phi) is 12.1. The van der Waals surface area contributed by atoms with Crippen molar-refractivity contribution in [3.05, 3.63) is 12.2 Å². The zero-order valence-electron chi connectivity index (χ0n) is 12.4. The Morgan fingerprint density at radius 3 is 2.50 bits per heavy atom. The summed E-state index contributed by atoms with van der Waals surface area (Å²) in [6.45, 7) is 4.52. The van der Waals surface area contributed by atoms with Gasteiger partial charge in [-0.25, -0.2) is 0 Å². The molecular weight excluding hydrogens is 224 g/mol. The average molecular weight is 254 g/mol. The van der Waals surface area contributed by atoms with Gasteiger partial charge in [0.1, 0.15) is 0 Å². The maximum atomic E-state index is 10.9. The smallest absolute Gasteiger partial charge is 0.305 e. The lowest BCUT2D eigenvalue weighted by atomic mass is 10.0. The Morgan fingerprint density at radius 1 is 1.17 bits per heavy atom. The topological polar surface area (TPSA) is 26.3 Å². The molecule has 2 nitrogen and oxygen atoms in total. The first kappa shape index (κ1) is 17.2. The van der Waals surface area contributed by atoms with Gasteiger partial charge in [-0.2, -0.15) is 0 Å². The van der Waals surface area contributed by atoms with Gasteiger partial charge in [-0.3, -0.25) is 4.79 Å². The Morgan fingerprint density at radius 2 is 1.83 bits per heavy atom. The highest BCUT2D eigenvalue weighted by atomic mass is 16.5. The summed E-state index contributed by atoms with van der Waals surface area (Å²) in [6, 6.07) is 0. The van der Waals surface area contributed by atoms with E-state index in [0.717, 1.165) is 18.8 Å². The maximum Gasteiger partial charge on any atom is 0.305 e. The molecule has 0 amide bonds. The summed E-state index contributed by atoms with van der Waals surface area (Å²) in [6.07, 6.45) is 14.9. The molecule has 1 unspecified atom stereocenters. The number of carbonyl (C=O) groups excluding carboxylic acids is 1. The molecule has 0 spiro atoms. The first-order chi connectivity index (χ1) is 8.70. The molecule has 0 aliphatic heterocycles. The predicted octanol–water partition coefficient (Wildman–Crippen LogP) is 4.88. The second-order valence-corrected chi connectivity index (χ2v) is 5.08. The van der Waals surface area contributed by atoms with Crippen LogP contribution in [0.1, 0.15) is 71.6 Å². The molecule has 0 saturated heterocycles. The Hall–Kier alpha value is -0.790. The second-order valence-electron chi connectivity index (χ2n) is 5.08. The molecule has 0 heterocycles. The van der Waals surface area contributed by atoms with Gasteiger partial charge in [0.2, 0.25) is 0 Å². The predicted molar refractivity (Wildman–Crippen MR) is 77.5 cm³/mol. The Bertz CT molecular complexity index is 221. The van der Waals surface area contributed by atoms with Gasteiger partial charge in [-0.05, 0) is 31.6 Å². The molecule has 0 saturated carbocycles. The maximum absolute atomic E-state index is 10.9. The molecule has 0 aromatic carbocycles. The van der Waals surface area contributed by atoms with Crippen LogP contribution in [-0.4, -0.2) is 13.1 Å². The van der Waals surface area contributed by atoms with E-state index in [1.54, 1.807) is 0 Å². The van der Waals surface area contributed by atoms with Crippen molar-refractivity contribution >= 4 is 5.97 Å². The zero-order valence-corrected chi connectivity index (χ0v) is 12.4. The third-order valence-corrected chi connectivity index (χ3v) is 3.19. The summed E-state index contributed by atoms with van der Waals surface area (Å²) in [7, 11) is 1.45. The zero-order chi connectivity index (χ0) is 13.6. The largest absolute Gasteiger partial charge is 0.469 e. The van der Waals surface area contributed by atoms with Crippen LogP contribution in [0.3, 0.4) is 0 Å². The third-order valence-electron chi connectivity index (χ3n) is 3.19. The van der Waals surface area contributed by atoms with Gasteiger partial charge >= 0.3 is 5.97 Å². The van der Waals surface area contributed by atoms with Gasteiger partial charge in [0.05, 0.1) is 7.11 Å². The minimum absolute atomic E-state index is 0.0807. The molecule has 0 aliphatic rings. The van der Waals surface area contributed by atoms with E-state index in [0.29, 0.717) is 6.42 Å². The van der Waals surface area contributed by atoms with Crippen molar-refractivity contribution in [3.8, 4) is 0 Å². The first-order valence-corrected chi connectivity index (χ1v) is 7.44. The van der Waals surface area contributed by atoms with Gasteiger partial charge in [-0.15, -0.1) is 0 Å². The number of hydrogen-bond acceptors (Lipinski definition) is 2. The van der Waals surface area contributed by atoms with Gasteiger partial charge in [-0.1, -0.05) is 51.7 Å². The summed E-state index contributed by atoms with van der Waals surface area (Å²) >= 11 is 0. The molecule has 18 heavy (non-hydrogen) atoms. The monoisotopic (exact) mass is 254 g/mol. The molecule has 2 heteroatoms. The number of allylic oxidation sites excluding steroid dienone is 2. The highest BCUT2D eigenvalue weighted by Crippen LogP contribution is 2.10. The molecule has 0 bridgehead atoms. The van der Waals surface area contributed by atoms with E-state index in [2.05, 4.69) is 30.7 Å². The normalized spacial score (nSPS) is 12.8. The number of esters is 1. The van der Waals surface area contributed by atoms with Crippen molar-refractivity contribution in [2.45, 2.75) is 71.6 Å².